The van der Waals surface area contributed by atoms with E-state index in [-0.39, 0.29) is 11.5 Å². The Morgan fingerprint density at radius 3 is 2.73 bits per heavy atom. The van der Waals surface area contributed by atoms with Gasteiger partial charge in [0.05, 0.1) is 5.02 Å². The summed E-state index contributed by atoms with van der Waals surface area (Å²) in [5, 5.41) is 4.27. The van der Waals surface area contributed by atoms with Crippen molar-refractivity contribution in [3.63, 3.8) is 0 Å². The van der Waals surface area contributed by atoms with Crippen LogP contribution in [0.5, 0.6) is 5.75 Å². The molecule has 1 aromatic heterocycles. The van der Waals surface area contributed by atoms with E-state index in [0.29, 0.717) is 10.2 Å². The van der Waals surface area contributed by atoms with Crippen molar-refractivity contribution in [3.8, 4) is 5.75 Å². The first-order valence-corrected chi connectivity index (χ1v) is 8.25. The molecule has 1 N–H and O–H groups in total. The molecule has 4 rings (SSSR count). The number of aromatic nitrogens is 1. The number of ether oxygens (including phenoxy) is 1. The second-order valence-electron chi connectivity index (χ2n) is 5.91. The first-order valence-electron chi connectivity index (χ1n) is 7.49. The first kappa shape index (κ1) is 14.3. The summed E-state index contributed by atoms with van der Waals surface area (Å²) in [6.45, 7) is 1.95. The van der Waals surface area contributed by atoms with Crippen LogP contribution in [0.4, 0.5) is 0 Å². The van der Waals surface area contributed by atoms with Crippen LogP contribution in [0.3, 0.4) is 0 Å². The van der Waals surface area contributed by atoms with Crippen LogP contribution in [-0.4, -0.2) is 18.1 Å². The van der Waals surface area contributed by atoms with Crippen molar-refractivity contribution in [1.29, 1.82) is 0 Å². The minimum Gasteiger partial charge on any atom is -0.484 e. The topological polar surface area (TPSA) is 34.1 Å². The molecule has 3 nitrogen and oxygen atoms in total. The van der Waals surface area contributed by atoms with Gasteiger partial charge in [-0.15, -0.1) is 0 Å². The Labute approximate surface area is 139 Å². The second kappa shape index (κ2) is 5.41. The van der Waals surface area contributed by atoms with Gasteiger partial charge in [-0.05, 0) is 38.1 Å². The summed E-state index contributed by atoms with van der Waals surface area (Å²) in [5.74, 6) is 0.957. The smallest absolute Gasteiger partial charge is 0.147 e. The van der Waals surface area contributed by atoms with E-state index < -0.39 is 0 Å². The Morgan fingerprint density at radius 2 is 1.91 bits per heavy atom. The Morgan fingerprint density at radius 1 is 1.14 bits per heavy atom. The second-order valence-corrected chi connectivity index (χ2v) is 6.64. The molecular formula is C17H16Cl2N2O. The van der Waals surface area contributed by atoms with Crippen molar-refractivity contribution in [2.45, 2.75) is 24.4 Å². The number of nitrogens with one attached hydrogen (secondary N) is 1. The van der Waals surface area contributed by atoms with Gasteiger partial charge in [0.15, 0.2) is 0 Å². The zero-order valence-corrected chi connectivity index (χ0v) is 13.5. The Kier molecular flexibility index (Phi) is 3.52. The third-order valence-electron chi connectivity index (χ3n) is 4.82. The van der Waals surface area contributed by atoms with E-state index in [1.807, 2.05) is 18.2 Å². The third kappa shape index (κ3) is 2.03. The molecule has 1 fully saturated rings. The summed E-state index contributed by atoms with van der Waals surface area (Å²) < 4.78 is 6.32. The van der Waals surface area contributed by atoms with E-state index in [4.69, 9.17) is 27.9 Å². The number of fused-ring (bicyclic) bond motifs is 2. The molecule has 1 spiro atoms. The summed E-state index contributed by atoms with van der Waals surface area (Å²) in [7, 11) is 0. The molecular weight excluding hydrogens is 319 g/mol. The highest BCUT2D eigenvalue weighted by molar-refractivity contribution is 6.41. The fourth-order valence-electron chi connectivity index (χ4n) is 3.76. The van der Waals surface area contributed by atoms with Crippen LogP contribution < -0.4 is 10.1 Å². The molecule has 1 aromatic carbocycles. The van der Waals surface area contributed by atoms with E-state index in [1.54, 1.807) is 6.20 Å². The van der Waals surface area contributed by atoms with Crippen LogP contribution in [-0.2, 0) is 5.41 Å². The molecule has 0 aliphatic carbocycles. The summed E-state index contributed by atoms with van der Waals surface area (Å²) in [6.07, 6.45) is 3.63. The quantitative estimate of drug-likeness (QED) is 0.795. The molecule has 22 heavy (non-hydrogen) atoms. The molecule has 2 aliphatic heterocycles. The SMILES string of the molecule is Clc1nccc([C@@H]2Oc3ccccc3C23CCNCC3)c1Cl. The van der Waals surface area contributed by atoms with Crippen LogP contribution >= 0.6 is 23.2 Å². The Hall–Kier alpha value is -1.29. The lowest BCUT2D eigenvalue weighted by molar-refractivity contribution is 0.119. The van der Waals surface area contributed by atoms with E-state index in [9.17, 15) is 0 Å². The predicted molar refractivity (Wildman–Crippen MR) is 87.8 cm³/mol. The average molecular weight is 335 g/mol. The van der Waals surface area contributed by atoms with Gasteiger partial charge in [-0.3, -0.25) is 0 Å². The molecule has 3 heterocycles. The number of rotatable bonds is 1. The third-order valence-corrected chi connectivity index (χ3v) is 5.61. The van der Waals surface area contributed by atoms with Crippen LogP contribution in [0, 0.1) is 0 Å². The molecule has 0 saturated carbocycles. The van der Waals surface area contributed by atoms with Gasteiger partial charge in [0.2, 0.25) is 0 Å². The highest BCUT2D eigenvalue weighted by Crippen LogP contribution is 2.56. The minimum absolute atomic E-state index is 0.0455. The molecule has 0 bridgehead atoms. The van der Waals surface area contributed by atoms with Crippen LogP contribution in [0.1, 0.15) is 30.1 Å². The van der Waals surface area contributed by atoms with E-state index in [2.05, 4.69) is 22.4 Å². The van der Waals surface area contributed by atoms with Gasteiger partial charge in [-0.2, -0.15) is 0 Å². The van der Waals surface area contributed by atoms with Crippen LogP contribution in [0.2, 0.25) is 10.2 Å². The molecule has 114 valence electrons. The molecule has 1 atom stereocenters. The normalized spacial score (nSPS) is 22.4. The Bertz CT molecular complexity index is 714. The molecule has 1 saturated heterocycles. The fourth-order valence-corrected chi connectivity index (χ4v) is 4.14. The Balaban J connectivity index is 1.87. The van der Waals surface area contributed by atoms with Crippen molar-refractivity contribution >= 4 is 23.2 Å². The first-order chi connectivity index (χ1) is 10.7. The molecule has 0 unspecified atom stereocenters. The van der Waals surface area contributed by atoms with Crippen LogP contribution in [0.25, 0.3) is 0 Å². The summed E-state index contributed by atoms with van der Waals surface area (Å²) in [6, 6.07) is 10.2. The summed E-state index contributed by atoms with van der Waals surface area (Å²) >= 11 is 12.5. The molecule has 0 radical (unpaired) electrons. The van der Waals surface area contributed by atoms with Gasteiger partial charge in [-0.1, -0.05) is 41.4 Å². The number of halogens is 2. The number of pyridine rings is 1. The van der Waals surface area contributed by atoms with Gasteiger partial charge in [0.25, 0.3) is 0 Å². The monoisotopic (exact) mass is 334 g/mol. The maximum atomic E-state index is 6.43. The van der Waals surface area contributed by atoms with Crippen molar-refractivity contribution < 1.29 is 4.74 Å². The predicted octanol–water partition coefficient (Wildman–Crippen LogP) is 4.14. The maximum Gasteiger partial charge on any atom is 0.147 e. The fraction of sp³-hybridized carbons (Fsp3) is 0.353. The zero-order valence-electron chi connectivity index (χ0n) is 12.0. The van der Waals surface area contributed by atoms with Crippen molar-refractivity contribution in [1.82, 2.24) is 10.3 Å². The number of hydrogen-bond acceptors (Lipinski definition) is 3. The van der Waals surface area contributed by atoms with Crippen LogP contribution in [0.15, 0.2) is 36.5 Å². The lowest BCUT2D eigenvalue weighted by atomic mass is 9.69. The molecule has 2 aliphatic rings. The van der Waals surface area contributed by atoms with Gasteiger partial charge in [-0.25, -0.2) is 4.98 Å². The summed E-state index contributed by atoms with van der Waals surface area (Å²) in [5.41, 5.74) is 2.17. The largest absolute Gasteiger partial charge is 0.484 e. The van der Waals surface area contributed by atoms with E-state index in [0.717, 1.165) is 37.2 Å². The van der Waals surface area contributed by atoms with Crippen molar-refractivity contribution in [2.24, 2.45) is 0 Å². The highest BCUT2D eigenvalue weighted by atomic mass is 35.5. The average Bonchev–Trinajstić information content (AvgIpc) is 2.85. The van der Waals surface area contributed by atoms with Gasteiger partial charge < -0.3 is 10.1 Å². The molecule has 2 aromatic rings. The molecule has 0 amide bonds. The number of benzene rings is 1. The standard InChI is InChI=1S/C17H16Cl2N2O/c18-14-11(5-8-21-16(14)19)15-17(6-9-20-10-7-17)12-3-1-2-4-13(12)22-15/h1-5,8,15,20H,6-7,9-10H2/t15-/m0/s1. The lowest BCUT2D eigenvalue weighted by Gasteiger charge is -2.38. The highest BCUT2D eigenvalue weighted by Gasteiger charge is 2.50. The number of piperidine rings is 1. The number of hydrogen-bond donors (Lipinski definition) is 1. The van der Waals surface area contributed by atoms with E-state index in [1.165, 1.54) is 5.56 Å². The van der Waals surface area contributed by atoms with Crippen molar-refractivity contribution in [3.05, 3.63) is 57.8 Å². The van der Waals surface area contributed by atoms with E-state index >= 15 is 0 Å². The number of para-hydroxylation sites is 1. The lowest BCUT2D eigenvalue weighted by Crippen LogP contribution is -2.42. The van der Waals surface area contributed by atoms with Gasteiger partial charge in [0.1, 0.15) is 17.0 Å². The van der Waals surface area contributed by atoms with Crippen molar-refractivity contribution in [2.75, 3.05) is 13.1 Å². The molecule has 5 heteroatoms. The summed E-state index contributed by atoms with van der Waals surface area (Å²) in [4.78, 5) is 4.06. The zero-order chi connectivity index (χ0) is 15.2. The number of nitrogens with zero attached hydrogens (tertiary/aromatic N) is 1. The minimum atomic E-state index is -0.111. The van der Waals surface area contributed by atoms with Gasteiger partial charge in [0, 0.05) is 22.7 Å². The van der Waals surface area contributed by atoms with Gasteiger partial charge >= 0.3 is 0 Å². The maximum absolute atomic E-state index is 6.43.